The average molecular weight is 222 g/mol. The van der Waals surface area contributed by atoms with E-state index in [0.29, 0.717) is 0 Å². The van der Waals surface area contributed by atoms with Gasteiger partial charge in [0.25, 0.3) is 0 Å². The zero-order valence-corrected chi connectivity index (χ0v) is 7.97. The molecular weight excluding hydrogens is 219 g/mol. The van der Waals surface area contributed by atoms with E-state index in [1.54, 1.807) is 0 Å². The largest absolute Gasteiger partial charge is 0.244 e. The maximum atomic E-state index is 13.0. The number of benzene rings is 1. The van der Waals surface area contributed by atoms with Crippen molar-refractivity contribution in [1.82, 2.24) is 0 Å². The van der Waals surface area contributed by atoms with Crippen LogP contribution in [0, 0.1) is 25.1 Å². The van der Waals surface area contributed by atoms with Crippen molar-refractivity contribution in [2.24, 2.45) is 0 Å². The third-order valence-corrected chi connectivity index (χ3v) is 2.51. The number of halogens is 4. The highest BCUT2D eigenvalue weighted by atomic mass is 35.5. The first-order valence-electron chi connectivity index (χ1n) is 3.20. The van der Waals surface area contributed by atoms with Crippen LogP contribution < -0.4 is 0 Å². The molecule has 1 nitrogen and oxygen atoms in total. The van der Waals surface area contributed by atoms with Gasteiger partial charge in [-0.05, 0) is 6.92 Å². The average Bonchev–Trinajstić information content (AvgIpc) is 2.13. The maximum Gasteiger partial charge on any atom is 0.244 e. The molecule has 0 unspecified atom stereocenters. The second-order valence-electron chi connectivity index (χ2n) is 2.34. The molecule has 0 N–H and O–H groups in total. The highest BCUT2D eigenvalue weighted by Crippen LogP contribution is 2.38. The quantitative estimate of drug-likeness (QED) is 0.459. The Morgan fingerprint density at radius 3 is 2.15 bits per heavy atom. The summed E-state index contributed by atoms with van der Waals surface area (Å²) in [6, 6.07) is 0. The molecule has 0 aromatic heterocycles. The summed E-state index contributed by atoms with van der Waals surface area (Å²) < 4.78 is 25.9. The molecule has 0 saturated heterocycles. The minimum atomic E-state index is -1.25. The van der Waals surface area contributed by atoms with E-state index in [0.717, 1.165) is 0 Å². The van der Waals surface area contributed by atoms with Gasteiger partial charge in [0.05, 0.1) is 16.6 Å². The van der Waals surface area contributed by atoms with Gasteiger partial charge < -0.3 is 0 Å². The summed E-state index contributed by atoms with van der Waals surface area (Å²) in [5, 5.41) is -0.361. The maximum absolute atomic E-state index is 13.0. The molecule has 0 saturated carbocycles. The summed E-state index contributed by atoms with van der Waals surface area (Å²) in [6.07, 6.45) is 0. The second-order valence-corrected chi connectivity index (χ2v) is 3.10. The highest BCUT2D eigenvalue weighted by Gasteiger charge is 2.20. The third-order valence-electron chi connectivity index (χ3n) is 1.57. The predicted octanol–water partition coefficient (Wildman–Crippen LogP) is 4.13. The van der Waals surface area contributed by atoms with Crippen LogP contribution in [0.3, 0.4) is 0 Å². The minimum absolute atomic E-state index is 0.0865. The fourth-order valence-electron chi connectivity index (χ4n) is 0.828. The zero-order valence-electron chi connectivity index (χ0n) is 6.46. The van der Waals surface area contributed by atoms with Crippen LogP contribution in [0.5, 0.6) is 0 Å². The molecule has 0 radical (unpaired) electrons. The summed E-state index contributed by atoms with van der Waals surface area (Å²) in [4.78, 5) is 2.75. The number of rotatable bonds is 0. The first kappa shape index (κ1) is 10.2. The van der Waals surface area contributed by atoms with E-state index in [4.69, 9.17) is 29.8 Å². The molecule has 1 aromatic carbocycles. The van der Waals surface area contributed by atoms with Gasteiger partial charge in [0.2, 0.25) is 5.69 Å². The van der Waals surface area contributed by atoms with E-state index in [2.05, 4.69) is 4.85 Å². The van der Waals surface area contributed by atoms with Crippen molar-refractivity contribution < 1.29 is 8.78 Å². The molecule has 0 amide bonds. The molecule has 0 aliphatic rings. The van der Waals surface area contributed by atoms with Gasteiger partial charge in [0.1, 0.15) is 0 Å². The van der Waals surface area contributed by atoms with Crippen LogP contribution in [0.15, 0.2) is 0 Å². The van der Waals surface area contributed by atoms with E-state index in [-0.39, 0.29) is 15.6 Å². The Balaban J connectivity index is 3.69. The van der Waals surface area contributed by atoms with Crippen molar-refractivity contribution in [3.63, 3.8) is 0 Å². The van der Waals surface area contributed by atoms with Gasteiger partial charge in [-0.3, -0.25) is 0 Å². The van der Waals surface area contributed by atoms with Crippen molar-refractivity contribution in [2.75, 3.05) is 0 Å². The normalized spacial score (nSPS) is 9.85. The first-order valence-corrected chi connectivity index (χ1v) is 3.96. The lowest BCUT2D eigenvalue weighted by molar-refractivity contribution is 0.507. The Labute approximate surface area is 83.7 Å². The molecule has 0 fully saturated rings. The van der Waals surface area contributed by atoms with E-state index < -0.39 is 17.3 Å². The van der Waals surface area contributed by atoms with Crippen molar-refractivity contribution in [3.05, 3.63) is 38.7 Å². The lowest BCUT2D eigenvalue weighted by Gasteiger charge is -2.05. The van der Waals surface area contributed by atoms with Crippen molar-refractivity contribution in [3.8, 4) is 0 Å². The smallest absolute Gasteiger partial charge is 0.233 e. The Bertz CT molecular complexity index is 381. The summed E-state index contributed by atoms with van der Waals surface area (Å²) >= 11 is 11.1. The molecule has 0 atom stereocenters. The van der Waals surface area contributed by atoms with Crippen LogP contribution in [0.1, 0.15) is 5.56 Å². The van der Waals surface area contributed by atoms with Gasteiger partial charge in [0, 0.05) is 5.56 Å². The molecule has 0 aliphatic carbocycles. The number of nitrogens with zero attached hydrogens (tertiary/aromatic N) is 1. The van der Waals surface area contributed by atoms with Crippen LogP contribution in [0.4, 0.5) is 14.5 Å². The number of hydrogen-bond donors (Lipinski definition) is 0. The third kappa shape index (κ3) is 1.48. The zero-order chi connectivity index (χ0) is 10.2. The van der Waals surface area contributed by atoms with Gasteiger partial charge in [-0.1, -0.05) is 23.2 Å². The monoisotopic (exact) mass is 221 g/mol. The van der Waals surface area contributed by atoms with E-state index >= 15 is 0 Å². The molecule has 0 aliphatic heterocycles. The van der Waals surface area contributed by atoms with Crippen LogP contribution in [-0.4, -0.2) is 0 Å². The Morgan fingerprint density at radius 1 is 1.15 bits per heavy atom. The Hall–Kier alpha value is -0.850. The van der Waals surface area contributed by atoms with Crippen molar-refractivity contribution >= 4 is 28.9 Å². The molecule has 5 heteroatoms. The van der Waals surface area contributed by atoms with Crippen LogP contribution in [0.25, 0.3) is 4.85 Å². The standard InChI is InChI=1S/C8H3Cl2F2N/c1-3-4(9)5(10)8(13-2)7(12)6(3)11/h1H3. The lowest BCUT2D eigenvalue weighted by atomic mass is 10.2. The summed E-state index contributed by atoms with van der Waals surface area (Å²) in [5.74, 6) is -2.37. The lowest BCUT2D eigenvalue weighted by Crippen LogP contribution is -1.91. The van der Waals surface area contributed by atoms with Crippen LogP contribution >= 0.6 is 23.2 Å². The SMILES string of the molecule is [C-]#[N+]c1c(F)c(F)c(C)c(Cl)c1Cl. The highest BCUT2D eigenvalue weighted by molar-refractivity contribution is 6.44. The Morgan fingerprint density at radius 2 is 1.69 bits per heavy atom. The summed E-state index contributed by atoms with van der Waals surface area (Å²) in [6.45, 7) is 7.86. The molecule has 0 bridgehead atoms. The summed E-state index contributed by atoms with van der Waals surface area (Å²) in [7, 11) is 0. The Kier molecular flexibility index (Phi) is 2.74. The first-order chi connectivity index (χ1) is 6.00. The van der Waals surface area contributed by atoms with E-state index in [9.17, 15) is 8.78 Å². The molecule has 68 valence electrons. The van der Waals surface area contributed by atoms with Crippen LogP contribution in [-0.2, 0) is 0 Å². The van der Waals surface area contributed by atoms with Gasteiger partial charge >= 0.3 is 0 Å². The topological polar surface area (TPSA) is 4.36 Å². The van der Waals surface area contributed by atoms with Crippen molar-refractivity contribution in [1.29, 1.82) is 0 Å². The minimum Gasteiger partial charge on any atom is -0.233 e. The molecule has 0 spiro atoms. The number of hydrogen-bond acceptors (Lipinski definition) is 0. The van der Waals surface area contributed by atoms with Gasteiger partial charge in [-0.15, -0.1) is 0 Å². The molecule has 1 rings (SSSR count). The van der Waals surface area contributed by atoms with Crippen LogP contribution in [0.2, 0.25) is 10.0 Å². The molecule has 0 heterocycles. The predicted molar refractivity (Wildman–Crippen MR) is 47.4 cm³/mol. The fraction of sp³-hybridized carbons (Fsp3) is 0.125. The molecular formula is C8H3Cl2F2N. The van der Waals surface area contributed by atoms with Gasteiger partial charge in [-0.2, -0.15) is 0 Å². The van der Waals surface area contributed by atoms with Gasteiger partial charge in [0.15, 0.2) is 11.6 Å². The van der Waals surface area contributed by atoms with E-state index in [1.807, 2.05) is 0 Å². The second kappa shape index (κ2) is 3.49. The van der Waals surface area contributed by atoms with E-state index in [1.165, 1.54) is 6.92 Å². The molecule has 1 aromatic rings. The van der Waals surface area contributed by atoms with Crippen molar-refractivity contribution in [2.45, 2.75) is 6.92 Å². The fourth-order valence-corrected chi connectivity index (χ4v) is 1.27. The summed E-state index contributed by atoms with van der Waals surface area (Å²) in [5.41, 5.74) is -0.661. The molecule has 13 heavy (non-hydrogen) atoms. The van der Waals surface area contributed by atoms with Gasteiger partial charge in [-0.25, -0.2) is 13.6 Å².